The van der Waals surface area contributed by atoms with Crippen LogP contribution < -0.4 is 5.32 Å². The Kier molecular flexibility index (Phi) is 4.19. The Morgan fingerprint density at radius 2 is 1.91 bits per heavy atom. The Labute approximate surface area is 134 Å². The summed E-state index contributed by atoms with van der Waals surface area (Å²) in [6.45, 7) is 3.76. The zero-order chi connectivity index (χ0) is 16.2. The molecule has 23 heavy (non-hydrogen) atoms. The molecule has 1 atom stereocenters. The van der Waals surface area contributed by atoms with Gasteiger partial charge in [0.2, 0.25) is 11.7 Å². The lowest BCUT2D eigenvalue weighted by atomic mass is 10.1. The first-order valence-electron chi connectivity index (χ1n) is 7.40. The summed E-state index contributed by atoms with van der Waals surface area (Å²) in [5.41, 5.74) is 2.52. The quantitative estimate of drug-likeness (QED) is 0.800. The summed E-state index contributed by atoms with van der Waals surface area (Å²) < 4.78 is 5.27. The highest BCUT2D eigenvalue weighted by atomic mass is 16.5. The number of nitrogens with zero attached hydrogens (tertiary/aromatic N) is 2. The lowest BCUT2D eigenvalue weighted by Crippen LogP contribution is -2.26. The van der Waals surface area contributed by atoms with Gasteiger partial charge in [-0.25, -0.2) is 0 Å². The van der Waals surface area contributed by atoms with Gasteiger partial charge in [0.1, 0.15) is 6.04 Å². The molecule has 116 valence electrons. The summed E-state index contributed by atoms with van der Waals surface area (Å²) in [5.74, 6) is 0.725. The number of carbonyl (C=O) groups is 1. The number of nitrogens with one attached hydrogen (secondary N) is 1. The molecule has 1 N–H and O–H groups in total. The van der Waals surface area contributed by atoms with Crippen molar-refractivity contribution in [2.45, 2.75) is 19.9 Å². The summed E-state index contributed by atoms with van der Waals surface area (Å²) in [6.07, 6.45) is 0. The number of rotatable bonds is 4. The fourth-order valence-corrected chi connectivity index (χ4v) is 2.24. The van der Waals surface area contributed by atoms with Gasteiger partial charge in [-0.2, -0.15) is 4.98 Å². The molecule has 0 spiro atoms. The second kappa shape index (κ2) is 6.44. The number of benzene rings is 2. The van der Waals surface area contributed by atoms with Gasteiger partial charge in [-0.05, 0) is 26.0 Å². The second-order valence-electron chi connectivity index (χ2n) is 5.39. The van der Waals surface area contributed by atoms with Crippen LogP contribution in [0.4, 0.5) is 0 Å². The highest BCUT2D eigenvalue weighted by Gasteiger charge is 2.18. The van der Waals surface area contributed by atoms with Gasteiger partial charge >= 0.3 is 0 Å². The van der Waals surface area contributed by atoms with E-state index in [1.807, 2.05) is 62.4 Å². The van der Waals surface area contributed by atoms with E-state index >= 15 is 0 Å². The molecule has 0 bridgehead atoms. The first-order valence-corrected chi connectivity index (χ1v) is 7.40. The lowest BCUT2D eigenvalue weighted by molar-refractivity contribution is 0.0932. The molecule has 0 saturated heterocycles. The van der Waals surface area contributed by atoms with E-state index in [1.54, 1.807) is 6.07 Å². The molecule has 2 aromatic carbocycles. The second-order valence-corrected chi connectivity index (χ2v) is 5.39. The minimum atomic E-state index is -0.368. The Balaban J connectivity index is 1.73. The van der Waals surface area contributed by atoms with Crippen LogP contribution in [0.25, 0.3) is 11.4 Å². The molecule has 3 rings (SSSR count). The number of aromatic nitrogens is 2. The third-order valence-corrected chi connectivity index (χ3v) is 3.47. The van der Waals surface area contributed by atoms with Crippen LogP contribution in [0.15, 0.2) is 59.1 Å². The van der Waals surface area contributed by atoms with Crippen LogP contribution in [0.1, 0.15) is 34.8 Å². The topological polar surface area (TPSA) is 68.0 Å². The minimum Gasteiger partial charge on any atom is -0.341 e. The smallest absolute Gasteiger partial charge is 0.251 e. The van der Waals surface area contributed by atoms with Crippen LogP contribution in [-0.2, 0) is 0 Å². The Bertz CT molecular complexity index is 812. The number of hydrogen-bond acceptors (Lipinski definition) is 4. The minimum absolute atomic E-state index is 0.166. The predicted molar refractivity (Wildman–Crippen MR) is 86.8 cm³/mol. The van der Waals surface area contributed by atoms with E-state index in [9.17, 15) is 4.79 Å². The van der Waals surface area contributed by atoms with E-state index in [1.165, 1.54) is 0 Å². The molecule has 0 aliphatic heterocycles. The van der Waals surface area contributed by atoms with Gasteiger partial charge in [-0.3, -0.25) is 4.79 Å². The predicted octanol–water partition coefficient (Wildman–Crippen LogP) is 3.54. The van der Waals surface area contributed by atoms with Crippen molar-refractivity contribution >= 4 is 5.91 Å². The molecule has 0 aliphatic rings. The van der Waals surface area contributed by atoms with Crippen molar-refractivity contribution in [1.29, 1.82) is 0 Å². The zero-order valence-corrected chi connectivity index (χ0v) is 13.0. The average Bonchev–Trinajstić information content (AvgIpc) is 3.06. The van der Waals surface area contributed by atoms with E-state index in [2.05, 4.69) is 15.5 Å². The monoisotopic (exact) mass is 307 g/mol. The van der Waals surface area contributed by atoms with Crippen molar-refractivity contribution in [1.82, 2.24) is 15.5 Å². The van der Waals surface area contributed by atoms with Gasteiger partial charge in [-0.1, -0.05) is 53.2 Å². The molecule has 5 nitrogen and oxygen atoms in total. The molecule has 0 aliphatic carbocycles. The first-order chi connectivity index (χ1) is 11.1. The van der Waals surface area contributed by atoms with E-state index in [4.69, 9.17) is 4.52 Å². The standard InChI is InChI=1S/C18H17N3O2/c1-12-7-6-10-15(11-12)17(22)19-13(2)18-20-16(21-23-18)14-8-4-3-5-9-14/h3-11,13H,1-2H3,(H,19,22). The third kappa shape index (κ3) is 3.45. The molecule has 1 heterocycles. The normalized spacial score (nSPS) is 11.9. The van der Waals surface area contributed by atoms with Crippen molar-refractivity contribution in [2.24, 2.45) is 0 Å². The molecule has 0 fully saturated rings. The van der Waals surface area contributed by atoms with Gasteiger partial charge < -0.3 is 9.84 Å². The Morgan fingerprint density at radius 1 is 1.13 bits per heavy atom. The summed E-state index contributed by atoms with van der Waals surface area (Å²) in [5, 5.41) is 6.83. The van der Waals surface area contributed by atoms with Crippen molar-refractivity contribution in [2.75, 3.05) is 0 Å². The van der Waals surface area contributed by atoms with Gasteiger partial charge in [0, 0.05) is 11.1 Å². The van der Waals surface area contributed by atoms with E-state index < -0.39 is 0 Å². The number of carbonyl (C=O) groups excluding carboxylic acids is 1. The Morgan fingerprint density at radius 3 is 2.65 bits per heavy atom. The average molecular weight is 307 g/mol. The molecule has 0 radical (unpaired) electrons. The number of aryl methyl sites for hydroxylation is 1. The van der Waals surface area contributed by atoms with Gasteiger partial charge in [0.25, 0.3) is 5.91 Å². The molecule has 5 heteroatoms. The van der Waals surface area contributed by atoms with E-state index in [-0.39, 0.29) is 11.9 Å². The van der Waals surface area contributed by atoms with Crippen LogP contribution in [0.5, 0.6) is 0 Å². The summed E-state index contributed by atoms with van der Waals surface area (Å²) in [4.78, 5) is 16.6. The first kappa shape index (κ1) is 15.0. The summed E-state index contributed by atoms with van der Waals surface area (Å²) >= 11 is 0. The highest BCUT2D eigenvalue weighted by molar-refractivity contribution is 5.94. The number of hydrogen-bond donors (Lipinski definition) is 1. The molecule has 1 aromatic heterocycles. The number of amides is 1. The Hall–Kier alpha value is -2.95. The maximum atomic E-state index is 12.3. The molecule has 1 unspecified atom stereocenters. The van der Waals surface area contributed by atoms with Crippen LogP contribution in [-0.4, -0.2) is 16.0 Å². The largest absolute Gasteiger partial charge is 0.341 e. The van der Waals surface area contributed by atoms with Crippen LogP contribution in [0, 0.1) is 6.92 Å². The maximum Gasteiger partial charge on any atom is 0.251 e. The van der Waals surface area contributed by atoms with Crippen molar-refractivity contribution < 1.29 is 9.32 Å². The molecule has 3 aromatic rings. The van der Waals surface area contributed by atoms with Crippen molar-refractivity contribution in [3.8, 4) is 11.4 Å². The zero-order valence-electron chi connectivity index (χ0n) is 13.0. The molecular weight excluding hydrogens is 290 g/mol. The third-order valence-electron chi connectivity index (χ3n) is 3.47. The van der Waals surface area contributed by atoms with Crippen molar-refractivity contribution in [3.63, 3.8) is 0 Å². The van der Waals surface area contributed by atoms with Gasteiger partial charge in [-0.15, -0.1) is 0 Å². The van der Waals surface area contributed by atoms with E-state index in [0.29, 0.717) is 17.3 Å². The fraction of sp³-hybridized carbons (Fsp3) is 0.167. The van der Waals surface area contributed by atoms with E-state index in [0.717, 1.165) is 11.1 Å². The molecule has 0 saturated carbocycles. The fourth-order valence-electron chi connectivity index (χ4n) is 2.24. The molecule has 1 amide bonds. The summed E-state index contributed by atoms with van der Waals surface area (Å²) in [7, 11) is 0. The summed E-state index contributed by atoms with van der Waals surface area (Å²) in [6, 6.07) is 16.6. The maximum absolute atomic E-state index is 12.3. The van der Waals surface area contributed by atoms with Crippen molar-refractivity contribution in [3.05, 3.63) is 71.6 Å². The van der Waals surface area contributed by atoms with Crippen LogP contribution in [0.3, 0.4) is 0 Å². The molecular formula is C18H17N3O2. The van der Waals surface area contributed by atoms with Gasteiger partial charge in [0.05, 0.1) is 0 Å². The van der Waals surface area contributed by atoms with Gasteiger partial charge in [0.15, 0.2) is 0 Å². The lowest BCUT2D eigenvalue weighted by Gasteiger charge is -2.09. The SMILES string of the molecule is Cc1cccc(C(=O)NC(C)c2nc(-c3ccccc3)no2)c1. The highest BCUT2D eigenvalue weighted by Crippen LogP contribution is 2.18. The van der Waals surface area contributed by atoms with Crippen LogP contribution in [0.2, 0.25) is 0 Å². The van der Waals surface area contributed by atoms with Crippen LogP contribution >= 0.6 is 0 Å².